The first kappa shape index (κ1) is 52.3. The lowest BCUT2D eigenvalue weighted by Gasteiger charge is -2.46. The minimum absolute atomic E-state index is 0.166. The first-order chi connectivity index (χ1) is 45.2. The van der Waals surface area contributed by atoms with Crippen molar-refractivity contribution in [2.75, 3.05) is 20.0 Å². The van der Waals surface area contributed by atoms with E-state index in [9.17, 15) is 0 Å². The fourth-order valence-corrected chi connectivity index (χ4v) is 15.0. The lowest BCUT2D eigenvalue weighted by molar-refractivity contribution is 0.488. The zero-order valence-electron chi connectivity index (χ0n) is 49.7. The highest BCUT2D eigenvalue weighted by atomic mass is 16.5. The van der Waals surface area contributed by atoms with Gasteiger partial charge in [0.25, 0.3) is 13.4 Å². The summed E-state index contributed by atoms with van der Waals surface area (Å²) in [6.45, 7) is -0.379. The standard InChI is InChI=1S/C84H56B2N4O/c1-8-28-56(29-9-1)61-50-77-82-78(51-61)90(84-67(59-34-14-4-15-35-59)44-27-45-68(84)60-36-16-5-17-37-60)76-55-73-71(86-70-47-23-25-49-79(70)91-80-53-64(52-74(87-73)81(80)86)88(62-38-18-6-19-39-62)63-40-20-7-21-41-63)54-72(76)85(82)69-46-22-24-48-75(69)89(77)83-65(57-30-10-2-11-31-57)42-26-43-66(83)58-32-12-3-13-33-58/h1-55,87H. The number of rotatable bonds is 10. The van der Waals surface area contributed by atoms with E-state index < -0.39 is 0 Å². The summed E-state index contributed by atoms with van der Waals surface area (Å²) in [4.78, 5) is 7.60. The Morgan fingerprint density at radius 1 is 0.264 bits per heavy atom. The zero-order chi connectivity index (χ0) is 59.9. The molecule has 0 aliphatic carbocycles. The van der Waals surface area contributed by atoms with E-state index in [1.807, 2.05) is 0 Å². The Bertz CT molecular complexity index is 4980. The molecule has 0 bridgehead atoms. The summed E-state index contributed by atoms with van der Waals surface area (Å²) < 4.78 is 7.16. The lowest BCUT2D eigenvalue weighted by atomic mass is 9.30. The molecule has 7 heteroatoms. The van der Waals surface area contributed by atoms with Crippen LogP contribution in [-0.2, 0) is 0 Å². The molecule has 0 unspecified atom stereocenters. The molecule has 0 aromatic heterocycles. The Morgan fingerprint density at radius 3 is 1.21 bits per heavy atom. The molecule has 0 fully saturated rings. The average molecular weight is 1160 g/mol. The quantitative estimate of drug-likeness (QED) is 0.138. The molecule has 0 radical (unpaired) electrons. The van der Waals surface area contributed by atoms with Crippen LogP contribution in [0.4, 0.5) is 62.6 Å². The SMILES string of the molecule is c1ccc(-c2cc3c4c(c2)N(c2c(-c5ccccc5)cccc2-c2ccccc2)c2cc5c(cc2B4c2ccccc2N3c2c(-c3ccccc3)cccc2-c2ccccc2)B2c3ccccc3Oc3cc(N(c4ccccc4)c4ccccc4)cc(c32)N5)cc1. The molecule has 424 valence electrons. The second-order valence-electron chi connectivity index (χ2n) is 23.9. The van der Waals surface area contributed by atoms with E-state index in [2.05, 4.69) is 354 Å². The van der Waals surface area contributed by atoms with E-state index >= 15 is 0 Å². The van der Waals surface area contributed by atoms with Crippen LogP contribution in [0.3, 0.4) is 0 Å². The monoisotopic (exact) mass is 1160 g/mol. The highest BCUT2D eigenvalue weighted by Crippen LogP contribution is 2.54. The van der Waals surface area contributed by atoms with Gasteiger partial charge in [0.1, 0.15) is 11.5 Å². The molecule has 1 N–H and O–H groups in total. The number of fused-ring (bicyclic) bond motifs is 8. The molecule has 91 heavy (non-hydrogen) atoms. The minimum Gasteiger partial charge on any atom is -0.458 e. The van der Waals surface area contributed by atoms with Crippen molar-refractivity contribution in [1.29, 1.82) is 0 Å². The van der Waals surface area contributed by atoms with E-state index in [0.717, 1.165) is 141 Å². The van der Waals surface area contributed by atoms with Crippen LogP contribution in [0, 0.1) is 0 Å². The molecule has 4 aliphatic heterocycles. The molecule has 18 rings (SSSR count). The minimum atomic E-state index is -0.212. The van der Waals surface area contributed by atoms with Crippen LogP contribution in [0.15, 0.2) is 334 Å². The highest BCUT2D eigenvalue weighted by molar-refractivity contribution is 7.02. The molecule has 0 amide bonds. The van der Waals surface area contributed by atoms with Gasteiger partial charge in [-0.15, -0.1) is 0 Å². The Labute approximate surface area is 531 Å². The van der Waals surface area contributed by atoms with E-state index in [1.165, 1.54) is 21.9 Å². The second kappa shape index (κ2) is 21.5. The van der Waals surface area contributed by atoms with E-state index in [1.54, 1.807) is 0 Å². The zero-order valence-corrected chi connectivity index (χ0v) is 49.7. The molecule has 5 nitrogen and oxygen atoms in total. The summed E-state index contributed by atoms with van der Waals surface area (Å²) in [5.41, 5.74) is 30.4. The van der Waals surface area contributed by atoms with Crippen molar-refractivity contribution >= 4 is 109 Å². The van der Waals surface area contributed by atoms with Gasteiger partial charge in [-0.25, -0.2) is 0 Å². The maximum absolute atomic E-state index is 7.16. The summed E-state index contributed by atoms with van der Waals surface area (Å²) in [5, 5.41) is 4.19. The van der Waals surface area contributed by atoms with E-state index in [-0.39, 0.29) is 13.4 Å². The number of hydrogen-bond acceptors (Lipinski definition) is 5. The Balaban J connectivity index is 0.967. The van der Waals surface area contributed by atoms with Crippen molar-refractivity contribution in [2.45, 2.75) is 0 Å². The van der Waals surface area contributed by atoms with Gasteiger partial charge >= 0.3 is 0 Å². The van der Waals surface area contributed by atoms with Gasteiger partial charge in [0.2, 0.25) is 0 Å². The third-order valence-corrected chi connectivity index (χ3v) is 18.8. The van der Waals surface area contributed by atoms with Gasteiger partial charge in [-0.05, 0) is 127 Å². The van der Waals surface area contributed by atoms with Crippen LogP contribution in [0.1, 0.15) is 0 Å². The first-order valence-electron chi connectivity index (χ1n) is 31.4. The molecule has 4 aliphatic rings. The van der Waals surface area contributed by atoms with Crippen molar-refractivity contribution in [3.05, 3.63) is 334 Å². The lowest BCUT2D eigenvalue weighted by Crippen LogP contribution is -2.64. The van der Waals surface area contributed by atoms with Crippen LogP contribution in [0.5, 0.6) is 11.5 Å². The predicted octanol–water partition coefficient (Wildman–Crippen LogP) is 18.3. The first-order valence-corrected chi connectivity index (χ1v) is 31.4. The largest absolute Gasteiger partial charge is 0.458 e. The molecule has 4 heterocycles. The van der Waals surface area contributed by atoms with Crippen LogP contribution >= 0.6 is 0 Å². The van der Waals surface area contributed by atoms with Crippen molar-refractivity contribution in [2.24, 2.45) is 0 Å². The third kappa shape index (κ3) is 8.57. The van der Waals surface area contributed by atoms with Gasteiger partial charge in [-0.3, -0.25) is 0 Å². The van der Waals surface area contributed by atoms with Crippen LogP contribution in [0.25, 0.3) is 55.6 Å². The van der Waals surface area contributed by atoms with E-state index in [0.29, 0.717) is 0 Å². The Hall–Kier alpha value is -11.8. The normalized spacial score (nSPS) is 12.7. The number of hydrogen-bond donors (Lipinski definition) is 1. The van der Waals surface area contributed by atoms with Gasteiger partial charge in [0.05, 0.1) is 17.1 Å². The number of benzene rings is 14. The van der Waals surface area contributed by atoms with Crippen molar-refractivity contribution < 1.29 is 4.74 Å². The van der Waals surface area contributed by atoms with Crippen molar-refractivity contribution in [3.8, 4) is 67.1 Å². The van der Waals surface area contributed by atoms with Gasteiger partial charge in [0.15, 0.2) is 0 Å². The van der Waals surface area contributed by atoms with Crippen molar-refractivity contribution in [1.82, 2.24) is 0 Å². The van der Waals surface area contributed by atoms with Crippen LogP contribution in [-0.4, -0.2) is 13.4 Å². The Morgan fingerprint density at radius 2 is 0.692 bits per heavy atom. The molecule has 0 saturated carbocycles. The topological polar surface area (TPSA) is 31.0 Å². The van der Waals surface area contributed by atoms with Crippen LogP contribution in [0.2, 0.25) is 0 Å². The van der Waals surface area contributed by atoms with Crippen LogP contribution < -0.4 is 57.5 Å². The molecule has 0 atom stereocenters. The van der Waals surface area contributed by atoms with Gasteiger partial charge in [0, 0.05) is 73.8 Å². The fourth-order valence-electron chi connectivity index (χ4n) is 15.0. The molecule has 0 saturated heterocycles. The predicted molar refractivity (Wildman–Crippen MR) is 383 cm³/mol. The average Bonchev–Trinajstić information content (AvgIpc) is 0.696. The number of para-hydroxylation sites is 6. The second-order valence-corrected chi connectivity index (χ2v) is 23.9. The molecular formula is C84H56B2N4O. The summed E-state index contributed by atoms with van der Waals surface area (Å²) in [7, 11) is 0. The fraction of sp³-hybridized carbons (Fsp3) is 0. The molecule has 14 aromatic rings. The summed E-state index contributed by atoms with van der Waals surface area (Å²) >= 11 is 0. The van der Waals surface area contributed by atoms with Gasteiger partial charge in [-0.1, -0.05) is 267 Å². The number of anilines is 11. The number of nitrogens with zero attached hydrogens (tertiary/aromatic N) is 3. The Kier molecular flexibility index (Phi) is 12.4. The highest BCUT2D eigenvalue weighted by Gasteiger charge is 2.48. The van der Waals surface area contributed by atoms with Gasteiger partial charge < -0.3 is 24.8 Å². The van der Waals surface area contributed by atoms with E-state index in [4.69, 9.17) is 4.74 Å². The molecule has 14 aromatic carbocycles. The summed E-state index contributed by atoms with van der Waals surface area (Å²) in [5.74, 6) is 1.69. The maximum atomic E-state index is 7.16. The smallest absolute Gasteiger partial charge is 0.256 e. The van der Waals surface area contributed by atoms with Gasteiger partial charge in [-0.2, -0.15) is 0 Å². The number of nitrogens with one attached hydrogen (secondary N) is 1. The number of ether oxygens (including phenoxy) is 1. The summed E-state index contributed by atoms with van der Waals surface area (Å²) in [6.07, 6.45) is 0. The molecular weight excluding hydrogens is 1100 g/mol. The third-order valence-electron chi connectivity index (χ3n) is 18.8. The maximum Gasteiger partial charge on any atom is 0.256 e. The summed E-state index contributed by atoms with van der Waals surface area (Å²) in [6, 6.07) is 122. The van der Waals surface area contributed by atoms with Crippen molar-refractivity contribution in [3.63, 3.8) is 0 Å². The molecule has 0 spiro atoms.